The second-order valence-electron chi connectivity index (χ2n) is 3.40. The third-order valence-corrected chi connectivity index (χ3v) is 2.58. The molecule has 70 valence electrons. The van der Waals surface area contributed by atoms with Gasteiger partial charge in [0.25, 0.3) is 0 Å². The van der Waals surface area contributed by atoms with Gasteiger partial charge in [0.05, 0.1) is 0 Å². The van der Waals surface area contributed by atoms with Crippen LogP contribution >= 0.6 is 0 Å². The summed E-state index contributed by atoms with van der Waals surface area (Å²) in [6.07, 6.45) is 3.53. The summed E-state index contributed by atoms with van der Waals surface area (Å²) >= 11 is 0. The van der Waals surface area contributed by atoms with Gasteiger partial charge in [0.1, 0.15) is 0 Å². The lowest BCUT2D eigenvalue weighted by molar-refractivity contribution is -0.131. The van der Waals surface area contributed by atoms with E-state index in [1.165, 1.54) is 11.3 Å². The third-order valence-electron chi connectivity index (χ3n) is 2.58. The summed E-state index contributed by atoms with van der Waals surface area (Å²) < 4.78 is 0. The molecular formula is C10H14N2O. The van der Waals surface area contributed by atoms with Gasteiger partial charge in [0.15, 0.2) is 0 Å². The maximum absolute atomic E-state index is 11.4. The fraction of sp³-hybridized carbons (Fsp3) is 0.500. The number of aromatic amines is 1. The predicted octanol–water partition coefficient (Wildman–Crippen LogP) is 1.31. The van der Waals surface area contributed by atoms with Crippen molar-refractivity contribution in [1.29, 1.82) is 0 Å². The molecule has 1 aliphatic heterocycles. The molecule has 3 heteroatoms. The molecule has 0 radical (unpaired) electrons. The van der Waals surface area contributed by atoms with Gasteiger partial charge in [-0.1, -0.05) is 6.92 Å². The number of H-pyrrole nitrogens is 1. The molecular weight excluding hydrogens is 164 g/mol. The Balaban J connectivity index is 2.13. The van der Waals surface area contributed by atoms with Crippen molar-refractivity contribution in [2.75, 3.05) is 6.54 Å². The van der Waals surface area contributed by atoms with Crippen molar-refractivity contribution >= 4 is 5.91 Å². The van der Waals surface area contributed by atoms with Crippen LogP contribution < -0.4 is 0 Å². The molecule has 0 aromatic carbocycles. The SMILES string of the molecule is CCC(=O)N1CCc2[nH]ccc2C1. The number of nitrogens with one attached hydrogen (secondary N) is 1. The lowest BCUT2D eigenvalue weighted by atomic mass is 10.1. The first-order valence-corrected chi connectivity index (χ1v) is 4.74. The maximum atomic E-state index is 11.4. The van der Waals surface area contributed by atoms with E-state index in [1.807, 2.05) is 18.0 Å². The topological polar surface area (TPSA) is 36.1 Å². The molecule has 1 aliphatic rings. The summed E-state index contributed by atoms with van der Waals surface area (Å²) in [5, 5.41) is 0. The van der Waals surface area contributed by atoms with Gasteiger partial charge in [-0.15, -0.1) is 0 Å². The van der Waals surface area contributed by atoms with Gasteiger partial charge in [-0.2, -0.15) is 0 Å². The van der Waals surface area contributed by atoms with Crippen molar-refractivity contribution in [3.05, 3.63) is 23.5 Å². The van der Waals surface area contributed by atoms with Gasteiger partial charge < -0.3 is 9.88 Å². The van der Waals surface area contributed by atoms with Crippen molar-refractivity contribution in [3.63, 3.8) is 0 Å². The number of nitrogens with zero attached hydrogens (tertiary/aromatic N) is 1. The van der Waals surface area contributed by atoms with E-state index in [1.54, 1.807) is 0 Å². The van der Waals surface area contributed by atoms with Crippen LogP contribution in [0.5, 0.6) is 0 Å². The van der Waals surface area contributed by atoms with E-state index in [0.717, 1.165) is 19.5 Å². The zero-order valence-corrected chi connectivity index (χ0v) is 7.84. The molecule has 0 aliphatic carbocycles. The summed E-state index contributed by atoms with van der Waals surface area (Å²) in [4.78, 5) is 16.5. The van der Waals surface area contributed by atoms with Crippen molar-refractivity contribution in [2.45, 2.75) is 26.3 Å². The van der Waals surface area contributed by atoms with E-state index in [9.17, 15) is 4.79 Å². The van der Waals surface area contributed by atoms with Crippen molar-refractivity contribution in [1.82, 2.24) is 9.88 Å². The highest BCUT2D eigenvalue weighted by atomic mass is 16.2. The largest absolute Gasteiger partial charge is 0.365 e. The summed E-state index contributed by atoms with van der Waals surface area (Å²) in [7, 11) is 0. The van der Waals surface area contributed by atoms with Crippen LogP contribution in [-0.4, -0.2) is 22.3 Å². The molecule has 0 bridgehead atoms. The minimum absolute atomic E-state index is 0.256. The molecule has 2 rings (SSSR count). The first-order valence-electron chi connectivity index (χ1n) is 4.74. The molecule has 1 amide bonds. The highest BCUT2D eigenvalue weighted by molar-refractivity contribution is 5.76. The zero-order valence-electron chi connectivity index (χ0n) is 7.84. The van der Waals surface area contributed by atoms with E-state index >= 15 is 0 Å². The van der Waals surface area contributed by atoms with Crippen molar-refractivity contribution < 1.29 is 4.79 Å². The molecule has 0 saturated heterocycles. The fourth-order valence-electron chi connectivity index (χ4n) is 1.78. The molecule has 1 N–H and O–H groups in total. The normalized spacial score (nSPS) is 15.6. The second kappa shape index (κ2) is 3.24. The lowest BCUT2D eigenvalue weighted by Crippen LogP contribution is -2.35. The molecule has 0 unspecified atom stereocenters. The quantitative estimate of drug-likeness (QED) is 0.691. The van der Waals surface area contributed by atoms with Gasteiger partial charge >= 0.3 is 0 Å². The van der Waals surface area contributed by atoms with Crippen LogP contribution in [0.25, 0.3) is 0 Å². The fourth-order valence-corrected chi connectivity index (χ4v) is 1.78. The Morgan fingerprint density at radius 1 is 1.69 bits per heavy atom. The monoisotopic (exact) mass is 178 g/mol. The summed E-state index contributed by atoms with van der Waals surface area (Å²) in [6.45, 7) is 3.56. The molecule has 0 fully saturated rings. The smallest absolute Gasteiger partial charge is 0.222 e. The van der Waals surface area contributed by atoms with Gasteiger partial charge in [-0.05, 0) is 11.6 Å². The highest BCUT2D eigenvalue weighted by Gasteiger charge is 2.19. The molecule has 0 atom stereocenters. The second-order valence-corrected chi connectivity index (χ2v) is 3.40. The Bertz CT molecular complexity index is 316. The Hall–Kier alpha value is -1.25. The van der Waals surface area contributed by atoms with Gasteiger partial charge in [-0.3, -0.25) is 4.79 Å². The van der Waals surface area contributed by atoms with Crippen LogP contribution in [-0.2, 0) is 17.8 Å². The van der Waals surface area contributed by atoms with Crippen LogP contribution in [0.4, 0.5) is 0 Å². The van der Waals surface area contributed by atoms with Crippen LogP contribution in [0.2, 0.25) is 0 Å². The first-order chi connectivity index (χ1) is 6.31. The Morgan fingerprint density at radius 3 is 3.31 bits per heavy atom. The molecule has 0 saturated carbocycles. The van der Waals surface area contributed by atoms with Gasteiger partial charge in [0.2, 0.25) is 5.91 Å². The van der Waals surface area contributed by atoms with Crippen molar-refractivity contribution in [3.8, 4) is 0 Å². The van der Waals surface area contributed by atoms with Crippen LogP contribution in [0, 0.1) is 0 Å². The number of rotatable bonds is 1. The van der Waals surface area contributed by atoms with E-state index < -0.39 is 0 Å². The van der Waals surface area contributed by atoms with Gasteiger partial charge in [-0.25, -0.2) is 0 Å². The first kappa shape index (κ1) is 8.35. The van der Waals surface area contributed by atoms with Crippen LogP contribution in [0.15, 0.2) is 12.3 Å². The number of hydrogen-bond donors (Lipinski definition) is 1. The molecule has 3 nitrogen and oxygen atoms in total. The number of carbonyl (C=O) groups excluding carboxylic acids is 1. The maximum Gasteiger partial charge on any atom is 0.222 e. The average Bonchev–Trinajstić information content (AvgIpc) is 2.63. The van der Waals surface area contributed by atoms with E-state index in [2.05, 4.69) is 11.1 Å². The molecule has 1 aromatic heterocycles. The number of hydrogen-bond acceptors (Lipinski definition) is 1. The third kappa shape index (κ3) is 1.46. The number of fused-ring (bicyclic) bond motifs is 1. The molecule has 0 spiro atoms. The molecule has 13 heavy (non-hydrogen) atoms. The summed E-state index contributed by atoms with van der Waals surface area (Å²) in [5.41, 5.74) is 2.56. The average molecular weight is 178 g/mol. The zero-order chi connectivity index (χ0) is 9.26. The van der Waals surface area contributed by atoms with Crippen LogP contribution in [0.1, 0.15) is 24.6 Å². The van der Waals surface area contributed by atoms with E-state index in [4.69, 9.17) is 0 Å². The minimum Gasteiger partial charge on any atom is -0.365 e. The Morgan fingerprint density at radius 2 is 2.54 bits per heavy atom. The molecule has 2 heterocycles. The minimum atomic E-state index is 0.256. The lowest BCUT2D eigenvalue weighted by Gasteiger charge is -2.26. The number of carbonyl (C=O) groups is 1. The van der Waals surface area contributed by atoms with Crippen molar-refractivity contribution in [2.24, 2.45) is 0 Å². The number of aromatic nitrogens is 1. The number of amides is 1. The Kier molecular flexibility index (Phi) is 2.08. The van der Waals surface area contributed by atoms with Crippen LogP contribution in [0.3, 0.4) is 0 Å². The highest BCUT2D eigenvalue weighted by Crippen LogP contribution is 2.17. The molecule has 1 aromatic rings. The Labute approximate surface area is 77.7 Å². The van der Waals surface area contributed by atoms with Gasteiger partial charge in [0, 0.05) is 37.8 Å². The van der Waals surface area contributed by atoms with E-state index in [-0.39, 0.29) is 5.91 Å². The summed E-state index contributed by atoms with van der Waals surface area (Å²) in [5.74, 6) is 0.256. The summed E-state index contributed by atoms with van der Waals surface area (Å²) in [6, 6.07) is 2.06. The van der Waals surface area contributed by atoms with E-state index in [0.29, 0.717) is 6.42 Å². The predicted molar refractivity (Wildman–Crippen MR) is 50.2 cm³/mol. The standard InChI is InChI=1S/C10H14N2O/c1-2-10(13)12-6-4-9-8(7-12)3-5-11-9/h3,5,11H,2,4,6-7H2,1H3.